The molecule has 3 aromatic rings. The molecule has 0 bridgehead atoms. The van der Waals surface area contributed by atoms with Crippen LogP contribution in [0.5, 0.6) is 0 Å². The van der Waals surface area contributed by atoms with E-state index in [9.17, 15) is 9.90 Å². The molecule has 134 valence electrons. The Balaban J connectivity index is 1.85. The molecule has 1 aliphatic rings. The second kappa shape index (κ2) is 6.48. The predicted octanol–water partition coefficient (Wildman–Crippen LogP) is 2.37. The van der Waals surface area contributed by atoms with Gasteiger partial charge in [0.15, 0.2) is 0 Å². The Morgan fingerprint density at radius 3 is 2.54 bits per heavy atom. The van der Waals surface area contributed by atoms with E-state index in [1.165, 1.54) is 5.56 Å². The van der Waals surface area contributed by atoms with E-state index in [-0.39, 0.29) is 12.5 Å². The third-order valence-corrected chi connectivity index (χ3v) is 4.62. The van der Waals surface area contributed by atoms with Gasteiger partial charge in [-0.1, -0.05) is 30.3 Å². The van der Waals surface area contributed by atoms with Gasteiger partial charge in [0, 0.05) is 23.0 Å². The molecule has 0 saturated heterocycles. The van der Waals surface area contributed by atoms with E-state index in [2.05, 4.69) is 44.8 Å². The average molecular weight is 350 g/mol. The Morgan fingerprint density at radius 1 is 1.08 bits per heavy atom. The molecule has 1 aliphatic heterocycles. The number of aliphatic hydroxyl groups is 1. The quantitative estimate of drug-likeness (QED) is 0.582. The minimum absolute atomic E-state index is 0.187. The minimum atomic E-state index is -0.527. The lowest BCUT2D eigenvalue weighted by Gasteiger charge is -2.17. The van der Waals surface area contributed by atoms with Crippen molar-refractivity contribution >= 4 is 22.5 Å². The predicted molar refractivity (Wildman–Crippen MR) is 103 cm³/mol. The summed E-state index contributed by atoms with van der Waals surface area (Å²) in [6.07, 6.45) is -0.527. The molecule has 0 unspecified atom stereocenters. The molecule has 4 N–H and O–H groups in total. The number of carbonyl (C=O) groups excluding carboxylic acids is 1. The first-order valence-electron chi connectivity index (χ1n) is 8.64. The number of amides is 1. The van der Waals surface area contributed by atoms with Gasteiger partial charge in [0.05, 0.1) is 23.6 Å². The lowest BCUT2D eigenvalue weighted by molar-refractivity contribution is 0.0928. The highest BCUT2D eigenvalue weighted by atomic mass is 16.3. The zero-order valence-electron chi connectivity index (χ0n) is 14.8. The van der Waals surface area contributed by atoms with Crippen molar-refractivity contribution in [1.29, 1.82) is 0 Å². The van der Waals surface area contributed by atoms with Crippen molar-refractivity contribution in [3.05, 3.63) is 53.6 Å². The Hall–Kier alpha value is -2.83. The van der Waals surface area contributed by atoms with Crippen LogP contribution in [0.15, 0.2) is 42.5 Å². The molecule has 0 saturated carbocycles. The Bertz CT molecular complexity index is 960. The van der Waals surface area contributed by atoms with Gasteiger partial charge in [0.2, 0.25) is 0 Å². The summed E-state index contributed by atoms with van der Waals surface area (Å²) in [4.78, 5) is 18.0. The van der Waals surface area contributed by atoms with Crippen molar-refractivity contribution in [2.45, 2.75) is 12.7 Å². The number of nitrogens with one attached hydrogen (secondary N) is 3. The maximum atomic E-state index is 12.5. The Labute approximate surface area is 151 Å². The number of benzene rings is 2. The number of nitrogens with zero attached hydrogens (tertiary/aromatic N) is 1. The molecule has 0 radical (unpaired) electrons. The first-order valence-corrected chi connectivity index (χ1v) is 8.64. The van der Waals surface area contributed by atoms with Gasteiger partial charge >= 0.3 is 0 Å². The molecule has 1 aromatic heterocycles. The summed E-state index contributed by atoms with van der Waals surface area (Å²) in [5.41, 5.74) is 5.52. The molecule has 1 atom stereocenters. The van der Waals surface area contributed by atoms with Gasteiger partial charge in [0.25, 0.3) is 5.91 Å². The van der Waals surface area contributed by atoms with Gasteiger partial charge < -0.3 is 25.6 Å². The van der Waals surface area contributed by atoms with Crippen LogP contribution in [0.4, 0.5) is 5.69 Å². The summed E-state index contributed by atoms with van der Waals surface area (Å²) in [5.74, 6) is -0.187. The van der Waals surface area contributed by atoms with Gasteiger partial charge in [-0.15, -0.1) is 0 Å². The van der Waals surface area contributed by atoms with Crippen LogP contribution in [-0.2, 0) is 6.54 Å². The Kier molecular flexibility index (Phi) is 4.14. The molecule has 6 heteroatoms. The number of anilines is 1. The first-order chi connectivity index (χ1) is 12.6. The summed E-state index contributed by atoms with van der Waals surface area (Å²) < 4.78 is 0. The molecular weight excluding hydrogens is 328 g/mol. The van der Waals surface area contributed by atoms with Crippen LogP contribution < -0.4 is 10.6 Å². The highest BCUT2D eigenvalue weighted by molar-refractivity contribution is 6.15. The van der Waals surface area contributed by atoms with E-state index in [1.54, 1.807) is 6.07 Å². The van der Waals surface area contributed by atoms with Crippen LogP contribution in [0.1, 0.15) is 15.9 Å². The van der Waals surface area contributed by atoms with E-state index in [0.717, 1.165) is 34.4 Å². The largest absolute Gasteiger partial charge is 0.392 e. The van der Waals surface area contributed by atoms with E-state index >= 15 is 0 Å². The normalized spacial score (nSPS) is 16.5. The maximum Gasteiger partial charge on any atom is 0.253 e. The Morgan fingerprint density at radius 2 is 1.85 bits per heavy atom. The van der Waals surface area contributed by atoms with Crippen LogP contribution in [0, 0.1) is 0 Å². The molecule has 4 rings (SSSR count). The smallest absolute Gasteiger partial charge is 0.253 e. The molecule has 2 heterocycles. The highest BCUT2D eigenvalue weighted by Crippen LogP contribution is 2.38. The summed E-state index contributed by atoms with van der Waals surface area (Å²) in [6.45, 7) is 0.695. The third-order valence-electron chi connectivity index (χ3n) is 4.62. The third kappa shape index (κ3) is 2.83. The number of rotatable bonds is 4. The van der Waals surface area contributed by atoms with E-state index in [1.807, 2.05) is 26.2 Å². The number of aliphatic hydroxyl groups excluding tert-OH is 1. The van der Waals surface area contributed by atoms with Crippen LogP contribution in [0.25, 0.3) is 22.2 Å². The second-order valence-electron chi connectivity index (χ2n) is 6.89. The summed E-state index contributed by atoms with van der Waals surface area (Å²) in [5, 5.41) is 16.5. The summed E-state index contributed by atoms with van der Waals surface area (Å²) >= 11 is 0. The standard InChI is InChI=1S/C20H22N4O2/c1-24(2)10-12-6-8-13(9-7-12)18-19-17-14(4-3-5-15(17)21-18)20(26)23-16(11-25)22-19/h3-9,16,21-22,25H,10-11H2,1-2H3,(H,23,26)/t16-/m1/s1. The lowest BCUT2D eigenvalue weighted by Crippen LogP contribution is -2.41. The summed E-state index contributed by atoms with van der Waals surface area (Å²) in [6, 6.07) is 14.0. The fraction of sp³-hybridized carbons (Fsp3) is 0.250. The monoisotopic (exact) mass is 350 g/mol. The van der Waals surface area contributed by atoms with Crippen LogP contribution in [0.3, 0.4) is 0 Å². The average Bonchev–Trinajstić information content (AvgIpc) is 2.92. The van der Waals surface area contributed by atoms with Gasteiger partial charge in [-0.25, -0.2) is 0 Å². The highest BCUT2D eigenvalue weighted by Gasteiger charge is 2.26. The van der Waals surface area contributed by atoms with Gasteiger partial charge in [-0.2, -0.15) is 0 Å². The molecule has 26 heavy (non-hydrogen) atoms. The van der Waals surface area contributed by atoms with Crippen molar-refractivity contribution in [3.63, 3.8) is 0 Å². The fourth-order valence-electron chi connectivity index (χ4n) is 3.48. The van der Waals surface area contributed by atoms with Crippen molar-refractivity contribution in [2.24, 2.45) is 0 Å². The molecule has 0 fully saturated rings. The van der Waals surface area contributed by atoms with Crippen molar-refractivity contribution in [2.75, 3.05) is 26.0 Å². The zero-order chi connectivity index (χ0) is 18.3. The second-order valence-corrected chi connectivity index (χ2v) is 6.89. The molecule has 6 nitrogen and oxygen atoms in total. The summed E-state index contributed by atoms with van der Waals surface area (Å²) in [7, 11) is 4.09. The number of aromatic nitrogens is 1. The van der Waals surface area contributed by atoms with Gasteiger partial charge in [0.1, 0.15) is 6.17 Å². The van der Waals surface area contributed by atoms with Crippen molar-refractivity contribution in [1.82, 2.24) is 15.2 Å². The van der Waals surface area contributed by atoms with Gasteiger partial charge in [-0.3, -0.25) is 4.79 Å². The van der Waals surface area contributed by atoms with Crippen molar-refractivity contribution in [3.8, 4) is 11.3 Å². The number of H-pyrrole nitrogens is 1. The topological polar surface area (TPSA) is 80.4 Å². The van der Waals surface area contributed by atoms with E-state index in [4.69, 9.17) is 0 Å². The molecule has 1 amide bonds. The van der Waals surface area contributed by atoms with E-state index in [0.29, 0.717) is 5.56 Å². The maximum absolute atomic E-state index is 12.5. The number of carbonyl (C=O) groups is 1. The number of aromatic amines is 1. The lowest BCUT2D eigenvalue weighted by atomic mass is 10.0. The van der Waals surface area contributed by atoms with Crippen molar-refractivity contribution < 1.29 is 9.90 Å². The molecule has 0 aliphatic carbocycles. The van der Waals surface area contributed by atoms with E-state index < -0.39 is 6.17 Å². The molecular formula is C20H22N4O2. The number of hydrogen-bond acceptors (Lipinski definition) is 4. The van der Waals surface area contributed by atoms with Gasteiger partial charge in [-0.05, 0) is 31.8 Å². The van der Waals surface area contributed by atoms with Crippen LogP contribution in [0.2, 0.25) is 0 Å². The number of hydrogen-bond donors (Lipinski definition) is 4. The molecule has 2 aromatic carbocycles. The van der Waals surface area contributed by atoms with Crippen LogP contribution >= 0.6 is 0 Å². The fourth-order valence-corrected chi connectivity index (χ4v) is 3.48. The van der Waals surface area contributed by atoms with Crippen LogP contribution in [-0.4, -0.2) is 47.8 Å². The SMILES string of the molecule is CN(C)Cc1ccc(-c2[nH]c3cccc4c3c2N[C@@H](CO)NC4=O)cc1. The minimum Gasteiger partial charge on any atom is -0.392 e. The first kappa shape index (κ1) is 16.6. The molecule has 0 spiro atoms. The zero-order valence-corrected chi connectivity index (χ0v) is 14.8.